The molecule has 0 aliphatic rings. The van der Waals surface area contributed by atoms with Gasteiger partial charge in [-0.25, -0.2) is 0 Å². The third-order valence-corrected chi connectivity index (χ3v) is 3.29. The maximum absolute atomic E-state index is 12.0. The van der Waals surface area contributed by atoms with E-state index >= 15 is 0 Å². The van der Waals surface area contributed by atoms with Gasteiger partial charge in [0, 0.05) is 12.0 Å². The summed E-state index contributed by atoms with van der Waals surface area (Å²) < 4.78 is -1.63. The Morgan fingerprint density at radius 1 is 1.15 bits per heavy atom. The Morgan fingerprint density at radius 2 is 1.70 bits per heavy atom. The molecule has 0 saturated heterocycles. The number of hydrogen-bond acceptors (Lipinski definition) is 2. The number of nitrogens with one attached hydrogen (secondary N) is 2. The Morgan fingerprint density at radius 3 is 2.15 bits per heavy atom. The fourth-order valence-corrected chi connectivity index (χ4v) is 1.81. The molecule has 0 bridgehead atoms. The van der Waals surface area contributed by atoms with Crippen LogP contribution in [0.3, 0.4) is 0 Å². The number of amides is 1. The SMILES string of the molecule is CC(C)(C)C(=O)NC(NCc1ccccc1)C(Cl)(Cl)Cl. The van der Waals surface area contributed by atoms with Crippen molar-refractivity contribution in [3.05, 3.63) is 35.9 Å². The molecule has 1 aromatic rings. The third-order valence-electron chi connectivity index (χ3n) is 2.64. The summed E-state index contributed by atoms with van der Waals surface area (Å²) in [6.07, 6.45) is -0.764. The van der Waals surface area contributed by atoms with Crippen molar-refractivity contribution >= 4 is 40.7 Å². The first-order valence-electron chi connectivity index (χ1n) is 6.25. The molecular formula is C14H19Cl3N2O. The smallest absolute Gasteiger partial charge is 0.226 e. The van der Waals surface area contributed by atoms with Crippen LogP contribution in [0, 0.1) is 5.41 Å². The van der Waals surface area contributed by atoms with Crippen molar-refractivity contribution in [2.75, 3.05) is 0 Å². The summed E-state index contributed by atoms with van der Waals surface area (Å²) in [5.41, 5.74) is 0.486. The highest BCUT2D eigenvalue weighted by molar-refractivity contribution is 6.68. The van der Waals surface area contributed by atoms with Crippen molar-refractivity contribution in [3.63, 3.8) is 0 Å². The third kappa shape index (κ3) is 5.88. The van der Waals surface area contributed by atoms with E-state index in [0.717, 1.165) is 5.56 Å². The predicted molar refractivity (Wildman–Crippen MR) is 85.0 cm³/mol. The molecule has 1 rings (SSSR count). The first-order valence-corrected chi connectivity index (χ1v) is 7.39. The van der Waals surface area contributed by atoms with E-state index in [2.05, 4.69) is 10.6 Å². The molecule has 0 saturated carbocycles. The average molecular weight is 338 g/mol. The van der Waals surface area contributed by atoms with Crippen LogP contribution in [0.25, 0.3) is 0 Å². The zero-order chi connectivity index (χ0) is 15.4. The van der Waals surface area contributed by atoms with Crippen molar-refractivity contribution in [1.29, 1.82) is 0 Å². The van der Waals surface area contributed by atoms with Crippen LogP contribution >= 0.6 is 34.8 Å². The van der Waals surface area contributed by atoms with Gasteiger partial charge in [-0.3, -0.25) is 10.1 Å². The Hall–Kier alpha value is -0.480. The zero-order valence-electron chi connectivity index (χ0n) is 11.7. The monoisotopic (exact) mass is 336 g/mol. The normalized spacial score (nSPS) is 13.9. The number of alkyl halides is 3. The molecule has 0 aliphatic carbocycles. The Bertz CT molecular complexity index is 438. The van der Waals surface area contributed by atoms with Crippen LogP contribution in [0.5, 0.6) is 0 Å². The van der Waals surface area contributed by atoms with Gasteiger partial charge >= 0.3 is 0 Å². The van der Waals surface area contributed by atoms with Crippen LogP contribution in [0.4, 0.5) is 0 Å². The van der Waals surface area contributed by atoms with Crippen molar-refractivity contribution in [2.24, 2.45) is 5.41 Å². The van der Waals surface area contributed by atoms with Crippen molar-refractivity contribution in [1.82, 2.24) is 10.6 Å². The molecule has 0 radical (unpaired) electrons. The molecule has 1 unspecified atom stereocenters. The molecule has 1 amide bonds. The first kappa shape index (κ1) is 17.6. The van der Waals surface area contributed by atoms with Crippen LogP contribution in [0.1, 0.15) is 26.3 Å². The zero-order valence-corrected chi connectivity index (χ0v) is 14.0. The molecule has 1 aromatic carbocycles. The maximum Gasteiger partial charge on any atom is 0.226 e. The van der Waals surface area contributed by atoms with Gasteiger partial charge in [-0.2, -0.15) is 0 Å². The molecule has 0 aliphatic heterocycles. The summed E-state index contributed by atoms with van der Waals surface area (Å²) >= 11 is 17.7. The van der Waals surface area contributed by atoms with Crippen LogP contribution in [0.2, 0.25) is 0 Å². The Kier molecular flexibility index (Phi) is 6.14. The van der Waals surface area contributed by atoms with Gasteiger partial charge in [-0.05, 0) is 5.56 Å². The number of halogens is 3. The summed E-state index contributed by atoms with van der Waals surface area (Å²) in [6, 6.07) is 9.68. The maximum atomic E-state index is 12.0. The standard InChI is InChI=1S/C14H19Cl3N2O/c1-13(2,3)12(20)19-11(14(15,16)17)18-9-10-7-5-4-6-8-10/h4-8,11,18H,9H2,1-3H3,(H,19,20). The minimum atomic E-state index is -1.63. The van der Waals surface area contributed by atoms with E-state index in [1.54, 1.807) is 20.8 Å². The predicted octanol–water partition coefficient (Wildman–Crippen LogP) is 3.63. The van der Waals surface area contributed by atoms with E-state index in [1.165, 1.54) is 0 Å². The number of hydrogen-bond donors (Lipinski definition) is 2. The lowest BCUT2D eigenvalue weighted by molar-refractivity contribution is -0.129. The fourth-order valence-electron chi connectivity index (χ4n) is 1.41. The van der Waals surface area contributed by atoms with E-state index in [1.807, 2.05) is 30.3 Å². The van der Waals surface area contributed by atoms with Gasteiger partial charge in [0.1, 0.15) is 6.17 Å². The number of carbonyl (C=O) groups is 1. The lowest BCUT2D eigenvalue weighted by Crippen LogP contribution is -2.55. The average Bonchev–Trinajstić information content (AvgIpc) is 2.32. The second-order valence-corrected chi connectivity index (χ2v) is 7.93. The second kappa shape index (κ2) is 6.99. The number of rotatable bonds is 4. The quantitative estimate of drug-likeness (QED) is 0.650. The molecule has 0 fully saturated rings. The summed E-state index contributed by atoms with van der Waals surface area (Å²) in [5.74, 6) is -0.186. The highest BCUT2D eigenvalue weighted by atomic mass is 35.6. The summed E-state index contributed by atoms with van der Waals surface area (Å²) in [4.78, 5) is 12.0. The van der Waals surface area contributed by atoms with Crippen LogP contribution in [-0.2, 0) is 11.3 Å². The number of carbonyl (C=O) groups excluding carboxylic acids is 1. The topological polar surface area (TPSA) is 41.1 Å². The van der Waals surface area contributed by atoms with E-state index < -0.39 is 15.4 Å². The van der Waals surface area contributed by atoms with E-state index in [4.69, 9.17) is 34.8 Å². The van der Waals surface area contributed by atoms with E-state index in [9.17, 15) is 4.79 Å². The van der Waals surface area contributed by atoms with Gasteiger partial charge < -0.3 is 5.32 Å². The number of benzene rings is 1. The largest absolute Gasteiger partial charge is 0.336 e. The Labute approximate surface area is 135 Å². The van der Waals surface area contributed by atoms with Gasteiger partial charge in [-0.1, -0.05) is 85.9 Å². The fraction of sp³-hybridized carbons (Fsp3) is 0.500. The van der Waals surface area contributed by atoms with Gasteiger partial charge in [0.2, 0.25) is 9.70 Å². The van der Waals surface area contributed by atoms with Crippen LogP contribution < -0.4 is 10.6 Å². The molecule has 20 heavy (non-hydrogen) atoms. The lowest BCUT2D eigenvalue weighted by atomic mass is 9.95. The molecule has 1 atom stereocenters. The highest BCUT2D eigenvalue weighted by Gasteiger charge is 2.35. The summed E-state index contributed by atoms with van der Waals surface area (Å²) in [6.45, 7) is 5.89. The van der Waals surface area contributed by atoms with Crippen molar-refractivity contribution in [3.8, 4) is 0 Å². The molecule has 3 nitrogen and oxygen atoms in total. The minimum Gasteiger partial charge on any atom is -0.336 e. The second-order valence-electron chi connectivity index (χ2n) is 5.56. The highest BCUT2D eigenvalue weighted by Crippen LogP contribution is 2.30. The Balaban J connectivity index is 2.69. The van der Waals surface area contributed by atoms with Crippen LogP contribution in [0.15, 0.2) is 30.3 Å². The van der Waals surface area contributed by atoms with Gasteiger partial charge in [-0.15, -0.1) is 0 Å². The molecule has 0 aromatic heterocycles. The van der Waals surface area contributed by atoms with Gasteiger partial charge in [0.25, 0.3) is 0 Å². The summed E-state index contributed by atoms with van der Waals surface area (Å²) in [5, 5.41) is 5.77. The first-order chi connectivity index (χ1) is 9.10. The van der Waals surface area contributed by atoms with Crippen molar-refractivity contribution < 1.29 is 4.79 Å². The van der Waals surface area contributed by atoms with E-state index in [0.29, 0.717) is 6.54 Å². The molecule has 112 valence electrons. The van der Waals surface area contributed by atoms with Gasteiger partial charge in [0.05, 0.1) is 0 Å². The lowest BCUT2D eigenvalue weighted by Gasteiger charge is -2.29. The van der Waals surface area contributed by atoms with Crippen LogP contribution in [-0.4, -0.2) is 15.9 Å². The molecule has 0 heterocycles. The van der Waals surface area contributed by atoms with Crippen molar-refractivity contribution in [2.45, 2.75) is 37.3 Å². The molecular weight excluding hydrogens is 319 g/mol. The molecule has 2 N–H and O–H groups in total. The molecule has 0 spiro atoms. The van der Waals surface area contributed by atoms with E-state index in [-0.39, 0.29) is 5.91 Å². The minimum absolute atomic E-state index is 0.186. The molecule has 6 heteroatoms. The summed E-state index contributed by atoms with van der Waals surface area (Å²) in [7, 11) is 0. The van der Waals surface area contributed by atoms with Gasteiger partial charge in [0.15, 0.2) is 0 Å².